The number of halogens is 1. The van der Waals surface area contributed by atoms with E-state index in [9.17, 15) is 0 Å². The Balaban J connectivity index is 1.65. The van der Waals surface area contributed by atoms with Crippen LogP contribution < -0.4 is 5.32 Å². The molecule has 0 saturated heterocycles. The molecule has 1 aromatic carbocycles. The zero-order valence-corrected chi connectivity index (χ0v) is 13.4. The molecule has 0 amide bonds. The van der Waals surface area contributed by atoms with E-state index in [0.29, 0.717) is 6.04 Å². The lowest BCUT2D eigenvalue weighted by Gasteiger charge is -2.14. The van der Waals surface area contributed by atoms with E-state index in [2.05, 4.69) is 69.6 Å². The summed E-state index contributed by atoms with van der Waals surface area (Å²) >= 11 is 3.47. The third-order valence-corrected chi connectivity index (χ3v) is 3.87. The smallest absolute Gasteiger partial charge is 0.0270 e. The van der Waals surface area contributed by atoms with E-state index >= 15 is 0 Å². The fourth-order valence-corrected chi connectivity index (χ4v) is 2.50. The first-order chi connectivity index (χ1) is 9.74. The van der Waals surface area contributed by atoms with Gasteiger partial charge in [-0.05, 0) is 68.1 Å². The predicted molar refractivity (Wildman–Crippen MR) is 87.9 cm³/mol. The molecule has 0 spiro atoms. The van der Waals surface area contributed by atoms with Crippen molar-refractivity contribution < 1.29 is 0 Å². The summed E-state index contributed by atoms with van der Waals surface area (Å²) < 4.78 is 1.14. The third-order valence-electron chi connectivity index (χ3n) is 3.34. The van der Waals surface area contributed by atoms with E-state index in [4.69, 9.17) is 0 Å². The summed E-state index contributed by atoms with van der Waals surface area (Å²) in [6, 6.07) is 13.3. The number of hydrogen-bond donors (Lipinski definition) is 1. The van der Waals surface area contributed by atoms with Crippen LogP contribution in [0.2, 0.25) is 0 Å². The molecule has 1 unspecified atom stereocenters. The van der Waals surface area contributed by atoms with Gasteiger partial charge in [0.1, 0.15) is 0 Å². The Morgan fingerprint density at radius 3 is 2.45 bits per heavy atom. The van der Waals surface area contributed by atoms with Crippen LogP contribution >= 0.6 is 15.9 Å². The van der Waals surface area contributed by atoms with Crippen LogP contribution in [0.1, 0.15) is 24.5 Å². The maximum Gasteiger partial charge on any atom is 0.0270 e. The molecule has 20 heavy (non-hydrogen) atoms. The van der Waals surface area contributed by atoms with Crippen LogP contribution in [0.3, 0.4) is 0 Å². The summed E-state index contributed by atoms with van der Waals surface area (Å²) in [5.74, 6) is 0. The molecule has 1 heterocycles. The fourth-order valence-electron chi connectivity index (χ4n) is 2.24. The van der Waals surface area contributed by atoms with Gasteiger partial charge in [0, 0.05) is 22.9 Å². The molecule has 0 saturated carbocycles. The summed E-state index contributed by atoms with van der Waals surface area (Å²) in [4.78, 5) is 4.04. The van der Waals surface area contributed by atoms with Gasteiger partial charge in [-0.1, -0.05) is 28.1 Å². The molecule has 2 aromatic rings. The molecule has 0 bridgehead atoms. The van der Waals surface area contributed by atoms with Crippen molar-refractivity contribution in [2.75, 3.05) is 6.54 Å². The van der Waals surface area contributed by atoms with Gasteiger partial charge >= 0.3 is 0 Å². The average Bonchev–Trinajstić information content (AvgIpc) is 2.47. The summed E-state index contributed by atoms with van der Waals surface area (Å²) in [5, 5.41) is 3.59. The van der Waals surface area contributed by atoms with Crippen LogP contribution in [-0.2, 0) is 12.8 Å². The van der Waals surface area contributed by atoms with Crippen LogP contribution in [0, 0.1) is 0 Å². The second kappa shape index (κ2) is 8.18. The van der Waals surface area contributed by atoms with Gasteiger partial charge in [0.05, 0.1) is 0 Å². The minimum absolute atomic E-state index is 0.508. The van der Waals surface area contributed by atoms with Crippen molar-refractivity contribution in [3.63, 3.8) is 0 Å². The van der Waals surface area contributed by atoms with Crippen molar-refractivity contribution in [1.82, 2.24) is 10.3 Å². The SMILES string of the molecule is CC(Cc1ccc(Br)cc1)NCCCc1ccncc1. The highest BCUT2D eigenvalue weighted by molar-refractivity contribution is 9.10. The molecule has 2 rings (SSSR count). The highest BCUT2D eigenvalue weighted by Crippen LogP contribution is 2.11. The number of aromatic nitrogens is 1. The summed E-state index contributed by atoms with van der Waals surface area (Å²) in [6.07, 6.45) is 7.07. The van der Waals surface area contributed by atoms with E-state index in [1.54, 1.807) is 0 Å². The Bertz CT molecular complexity index is 496. The van der Waals surface area contributed by atoms with Crippen molar-refractivity contribution in [3.05, 3.63) is 64.4 Å². The van der Waals surface area contributed by atoms with E-state index in [1.807, 2.05) is 12.4 Å². The van der Waals surface area contributed by atoms with E-state index in [1.165, 1.54) is 11.1 Å². The lowest BCUT2D eigenvalue weighted by atomic mass is 10.1. The topological polar surface area (TPSA) is 24.9 Å². The molecule has 106 valence electrons. The van der Waals surface area contributed by atoms with E-state index in [0.717, 1.165) is 30.3 Å². The van der Waals surface area contributed by atoms with Gasteiger partial charge in [-0.25, -0.2) is 0 Å². The summed E-state index contributed by atoms with van der Waals surface area (Å²) in [5.41, 5.74) is 2.74. The molecule has 2 nitrogen and oxygen atoms in total. The van der Waals surface area contributed by atoms with Crippen LogP contribution in [-0.4, -0.2) is 17.6 Å². The van der Waals surface area contributed by atoms with Gasteiger partial charge < -0.3 is 5.32 Å². The first-order valence-corrected chi connectivity index (χ1v) is 7.90. The van der Waals surface area contributed by atoms with Gasteiger partial charge in [0.25, 0.3) is 0 Å². The van der Waals surface area contributed by atoms with Gasteiger partial charge in [-0.15, -0.1) is 0 Å². The fraction of sp³-hybridized carbons (Fsp3) is 0.353. The maximum atomic E-state index is 4.04. The predicted octanol–water partition coefficient (Wildman–Crippen LogP) is 4.00. The molecule has 0 aliphatic rings. The van der Waals surface area contributed by atoms with E-state index < -0.39 is 0 Å². The molecular formula is C17H21BrN2. The normalized spacial score (nSPS) is 12.3. The Morgan fingerprint density at radius 2 is 1.75 bits per heavy atom. The molecule has 3 heteroatoms. The number of aryl methyl sites for hydroxylation is 1. The quantitative estimate of drug-likeness (QED) is 0.775. The monoisotopic (exact) mass is 332 g/mol. The number of nitrogens with one attached hydrogen (secondary N) is 1. The average molecular weight is 333 g/mol. The number of benzene rings is 1. The van der Waals surface area contributed by atoms with Gasteiger partial charge in [0.15, 0.2) is 0 Å². The number of pyridine rings is 1. The van der Waals surface area contributed by atoms with Crippen molar-refractivity contribution in [2.24, 2.45) is 0 Å². The second-order valence-electron chi connectivity index (χ2n) is 5.14. The molecule has 1 atom stereocenters. The number of nitrogens with zero attached hydrogens (tertiary/aromatic N) is 1. The largest absolute Gasteiger partial charge is 0.314 e. The van der Waals surface area contributed by atoms with Gasteiger partial charge in [-0.2, -0.15) is 0 Å². The zero-order chi connectivity index (χ0) is 14.2. The van der Waals surface area contributed by atoms with Crippen molar-refractivity contribution >= 4 is 15.9 Å². The second-order valence-corrected chi connectivity index (χ2v) is 6.06. The van der Waals surface area contributed by atoms with Crippen LogP contribution in [0.4, 0.5) is 0 Å². The minimum atomic E-state index is 0.508. The lowest BCUT2D eigenvalue weighted by molar-refractivity contribution is 0.534. The Hall–Kier alpha value is -1.19. The Labute approximate surface area is 129 Å². The number of hydrogen-bond acceptors (Lipinski definition) is 2. The molecule has 1 aromatic heterocycles. The van der Waals surface area contributed by atoms with Crippen molar-refractivity contribution in [2.45, 2.75) is 32.2 Å². The Kier molecular flexibility index (Phi) is 6.22. The molecule has 0 radical (unpaired) electrons. The minimum Gasteiger partial charge on any atom is -0.314 e. The summed E-state index contributed by atoms with van der Waals surface area (Å²) in [6.45, 7) is 3.30. The first kappa shape index (κ1) is 15.2. The van der Waals surface area contributed by atoms with Gasteiger partial charge in [-0.3, -0.25) is 4.98 Å². The van der Waals surface area contributed by atoms with Crippen molar-refractivity contribution in [3.8, 4) is 0 Å². The standard InChI is InChI=1S/C17H21BrN2/c1-14(13-16-4-6-17(18)7-5-16)20-10-2-3-15-8-11-19-12-9-15/h4-9,11-12,14,20H,2-3,10,13H2,1H3. The molecule has 0 aliphatic carbocycles. The highest BCUT2D eigenvalue weighted by Gasteiger charge is 2.02. The van der Waals surface area contributed by atoms with Crippen LogP contribution in [0.5, 0.6) is 0 Å². The van der Waals surface area contributed by atoms with E-state index in [-0.39, 0.29) is 0 Å². The molecule has 0 aliphatic heterocycles. The molecule has 0 fully saturated rings. The Morgan fingerprint density at radius 1 is 1.05 bits per heavy atom. The third kappa shape index (κ3) is 5.43. The van der Waals surface area contributed by atoms with Crippen molar-refractivity contribution in [1.29, 1.82) is 0 Å². The first-order valence-electron chi connectivity index (χ1n) is 7.11. The molecular weight excluding hydrogens is 312 g/mol. The number of rotatable bonds is 7. The highest BCUT2D eigenvalue weighted by atomic mass is 79.9. The molecule has 1 N–H and O–H groups in total. The summed E-state index contributed by atoms with van der Waals surface area (Å²) in [7, 11) is 0. The van der Waals surface area contributed by atoms with Gasteiger partial charge in [0.2, 0.25) is 0 Å². The lowest BCUT2D eigenvalue weighted by Crippen LogP contribution is -2.29. The maximum absolute atomic E-state index is 4.04. The van der Waals surface area contributed by atoms with Crippen LogP contribution in [0.25, 0.3) is 0 Å². The zero-order valence-electron chi connectivity index (χ0n) is 11.8. The van der Waals surface area contributed by atoms with Crippen LogP contribution in [0.15, 0.2) is 53.3 Å².